The minimum Gasteiger partial charge on any atom is -0.497 e. The van der Waals surface area contributed by atoms with Gasteiger partial charge in [0.2, 0.25) is 0 Å². The second-order valence-corrected chi connectivity index (χ2v) is 5.47. The molecular formula is C15H18N4OS. The lowest BCUT2D eigenvalue weighted by Crippen LogP contribution is -2.22. The Kier molecular flexibility index (Phi) is 3.79. The molecule has 0 fully saturated rings. The van der Waals surface area contributed by atoms with Gasteiger partial charge in [0.15, 0.2) is 5.11 Å². The van der Waals surface area contributed by atoms with Gasteiger partial charge in [-0.15, -0.1) is 0 Å². The first-order chi connectivity index (χ1) is 10.2. The molecule has 0 aliphatic carbocycles. The van der Waals surface area contributed by atoms with E-state index < -0.39 is 0 Å². The zero-order valence-electron chi connectivity index (χ0n) is 11.9. The summed E-state index contributed by atoms with van der Waals surface area (Å²) in [5.41, 5.74) is 9.31. The number of hydrogen-bond donors (Lipinski definition) is 2. The van der Waals surface area contributed by atoms with Crippen molar-refractivity contribution in [1.29, 1.82) is 0 Å². The highest BCUT2D eigenvalue weighted by molar-refractivity contribution is 7.80. The second-order valence-electron chi connectivity index (χ2n) is 5.05. The minimum atomic E-state index is 0.288. The fraction of sp³-hybridized carbons (Fsp3) is 0.333. The van der Waals surface area contributed by atoms with Gasteiger partial charge in [-0.2, -0.15) is 9.78 Å². The van der Waals surface area contributed by atoms with Crippen LogP contribution in [0, 0.1) is 0 Å². The molecule has 1 aliphatic heterocycles. The summed E-state index contributed by atoms with van der Waals surface area (Å²) in [5, 5.41) is 8.13. The highest BCUT2D eigenvalue weighted by Crippen LogP contribution is 2.26. The van der Waals surface area contributed by atoms with Crippen LogP contribution in [0.1, 0.15) is 16.8 Å². The van der Waals surface area contributed by atoms with Crippen LogP contribution >= 0.6 is 12.2 Å². The van der Waals surface area contributed by atoms with Gasteiger partial charge in [-0.1, -0.05) is 12.1 Å². The molecule has 1 aromatic carbocycles. The number of nitrogens with zero attached hydrogens (tertiary/aromatic N) is 2. The van der Waals surface area contributed by atoms with Gasteiger partial charge in [-0.25, -0.2) is 0 Å². The predicted octanol–water partition coefficient (Wildman–Crippen LogP) is 1.74. The van der Waals surface area contributed by atoms with Crippen molar-refractivity contribution in [3.63, 3.8) is 0 Å². The Morgan fingerprint density at radius 1 is 1.38 bits per heavy atom. The molecule has 2 aromatic rings. The summed E-state index contributed by atoms with van der Waals surface area (Å²) in [4.78, 5) is 0. The number of aromatic nitrogens is 2. The Labute approximate surface area is 129 Å². The van der Waals surface area contributed by atoms with Crippen molar-refractivity contribution in [3.05, 3.63) is 41.1 Å². The number of ether oxygens (including phenoxy) is 1. The molecule has 0 unspecified atom stereocenters. The van der Waals surface area contributed by atoms with Gasteiger partial charge in [-0.05, 0) is 49.2 Å². The molecule has 0 amide bonds. The van der Waals surface area contributed by atoms with Gasteiger partial charge >= 0.3 is 0 Å². The standard InChI is InChI=1S/C15H18N4OS/c1-20-11-5-2-10(3-6-11)4-7-13-12-8-9-17-14(12)19(18-13)15(16)21/h2-3,5-6,17H,4,7-9H2,1H3,(H2,16,21). The van der Waals surface area contributed by atoms with Crippen molar-refractivity contribution in [2.45, 2.75) is 19.3 Å². The Morgan fingerprint density at radius 3 is 2.81 bits per heavy atom. The number of fused-ring (bicyclic) bond motifs is 1. The number of nitrogens with two attached hydrogens (primary N) is 1. The predicted molar refractivity (Wildman–Crippen MR) is 87.0 cm³/mol. The van der Waals surface area contributed by atoms with Crippen LogP contribution in [-0.2, 0) is 19.3 Å². The van der Waals surface area contributed by atoms with E-state index in [4.69, 9.17) is 22.7 Å². The van der Waals surface area contributed by atoms with E-state index in [0.717, 1.165) is 43.1 Å². The van der Waals surface area contributed by atoms with Crippen LogP contribution in [0.15, 0.2) is 24.3 Å². The summed E-state index contributed by atoms with van der Waals surface area (Å²) in [6.45, 7) is 0.922. The maximum absolute atomic E-state index is 5.72. The summed E-state index contributed by atoms with van der Waals surface area (Å²) in [6, 6.07) is 8.13. The van der Waals surface area contributed by atoms with Crippen LogP contribution < -0.4 is 15.8 Å². The van der Waals surface area contributed by atoms with E-state index >= 15 is 0 Å². The van der Waals surface area contributed by atoms with E-state index in [1.54, 1.807) is 11.8 Å². The topological polar surface area (TPSA) is 65.1 Å². The van der Waals surface area contributed by atoms with Crippen LogP contribution in [0.2, 0.25) is 0 Å². The molecule has 0 radical (unpaired) electrons. The molecule has 0 bridgehead atoms. The van der Waals surface area contributed by atoms with Crippen molar-refractivity contribution in [2.24, 2.45) is 5.73 Å². The van der Waals surface area contributed by atoms with Crippen LogP contribution in [0.3, 0.4) is 0 Å². The number of rotatable bonds is 4. The highest BCUT2D eigenvalue weighted by atomic mass is 32.1. The third-order valence-corrected chi connectivity index (χ3v) is 3.93. The molecule has 0 saturated heterocycles. The molecular weight excluding hydrogens is 284 g/mol. The fourth-order valence-electron chi connectivity index (χ4n) is 2.66. The van der Waals surface area contributed by atoms with E-state index in [0.29, 0.717) is 0 Å². The monoisotopic (exact) mass is 302 g/mol. The van der Waals surface area contributed by atoms with Crippen molar-refractivity contribution in [2.75, 3.05) is 19.0 Å². The summed E-state index contributed by atoms with van der Waals surface area (Å²) < 4.78 is 6.81. The van der Waals surface area contributed by atoms with Crippen LogP contribution in [0.5, 0.6) is 5.75 Å². The Morgan fingerprint density at radius 2 is 2.14 bits per heavy atom. The molecule has 0 spiro atoms. The summed E-state index contributed by atoms with van der Waals surface area (Å²) >= 11 is 5.05. The molecule has 1 aliphatic rings. The Balaban J connectivity index is 1.76. The average Bonchev–Trinajstić information content (AvgIpc) is 3.08. The van der Waals surface area contributed by atoms with Crippen molar-refractivity contribution in [1.82, 2.24) is 9.78 Å². The first-order valence-corrected chi connectivity index (χ1v) is 7.37. The summed E-state index contributed by atoms with van der Waals surface area (Å²) in [5.74, 6) is 1.84. The normalized spacial score (nSPS) is 12.8. The number of nitrogens with one attached hydrogen (secondary N) is 1. The molecule has 21 heavy (non-hydrogen) atoms. The van der Waals surface area contributed by atoms with E-state index in [-0.39, 0.29) is 5.11 Å². The number of hydrogen-bond acceptors (Lipinski definition) is 4. The number of aryl methyl sites for hydroxylation is 2. The van der Waals surface area contributed by atoms with Crippen LogP contribution in [0.25, 0.3) is 0 Å². The number of benzene rings is 1. The number of methoxy groups -OCH3 is 1. The maximum atomic E-state index is 5.72. The third kappa shape index (κ3) is 2.71. The van der Waals surface area contributed by atoms with Gasteiger partial charge < -0.3 is 15.8 Å². The van der Waals surface area contributed by atoms with Crippen molar-refractivity contribution < 1.29 is 4.74 Å². The molecule has 0 atom stereocenters. The van der Waals surface area contributed by atoms with Crippen molar-refractivity contribution >= 4 is 23.1 Å². The molecule has 1 aromatic heterocycles. The Bertz CT molecular complexity index is 663. The van der Waals surface area contributed by atoms with Crippen molar-refractivity contribution in [3.8, 4) is 5.75 Å². The largest absolute Gasteiger partial charge is 0.497 e. The fourth-order valence-corrected chi connectivity index (χ4v) is 2.79. The summed E-state index contributed by atoms with van der Waals surface area (Å²) in [7, 11) is 1.67. The first kappa shape index (κ1) is 13.9. The van der Waals surface area contributed by atoms with E-state index in [9.17, 15) is 0 Å². The van der Waals surface area contributed by atoms with Gasteiger partial charge in [0.25, 0.3) is 0 Å². The molecule has 6 heteroatoms. The quantitative estimate of drug-likeness (QED) is 0.842. The maximum Gasteiger partial charge on any atom is 0.193 e. The lowest BCUT2D eigenvalue weighted by atomic mass is 10.1. The number of anilines is 1. The minimum absolute atomic E-state index is 0.288. The lowest BCUT2D eigenvalue weighted by Gasteiger charge is -2.03. The molecule has 3 rings (SSSR count). The molecule has 110 valence electrons. The molecule has 5 nitrogen and oxygen atoms in total. The lowest BCUT2D eigenvalue weighted by molar-refractivity contribution is 0.414. The first-order valence-electron chi connectivity index (χ1n) is 6.96. The van der Waals surface area contributed by atoms with E-state index in [2.05, 4.69) is 22.5 Å². The van der Waals surface area contributed by atoms with Gasteiger partial charge in [-0.3, -0.25) is 0 Å². The molecule has 0 saturated carbocycles. The summed E-state index contributed by atoms with van der Waals surface area (Å²) in [6.07, 6.45) is 2.80. The van der Waals surface area contributed by atoms with Gasteiger partial charge in [0.05, 0.1) is 12.8 Å². The zero-order chi connectivity index (χ0) is 14.8. The average molecular weight is 302 g/mol. The van der Waals surface area contributed by atoms with E-state index in [1.807, 2.05) is 12.1 Å². The van der Waals surface area contributed by atoms with Crippen LogP contribution in [0.4, 0.5) is 5.82 Å². The Hall–Kier alpha value is -2.08. The third-order valence-electron chi connectivity index (χ3n) is 3.75. The zero-order valence-corrected chi connectivity index (χ0v) is 12.7. The second kappa shape index (κ2) is 5.73. The van der Waals surface area contributed by atoms with Gasteiger partial charge in [0, 0.05) is 12.1 Å². The molecule has 2 heterocycles. The van der Waals surface area contributed by atoms with Gasteiger partial charge in [0.1, 0.15) is 11.6 Å². The number of thiocarbonyl (C=S) groups is 1. The SMILES string of the molecule is COc1ccc(CCc2nn(C(N)=S)c3c2CCN3)cc1. The van der Waals surface area contributed by atoms with Crippen LogP contribution in [-0.4, -0.2) is 28.5 Å². The highest BCUT2D eigenvalue weighted by Gasteiger charge is 2.22. The van der Waals surface area contributed by atoms with E-state index in [1.165, 1.54) is 11.1 Å². The smallest absolute Gasteiger partial charge is 0.193 e. The molecule has 3 N–H and O–H groups in total.